The van der Waals surface area contributed by atoms with E-state index in [-0.39, 0.29) is 5.46 Å². The molecule has 5 heteroatoms. The lowest BCUT2D eigenvalue weighted by molar-refractivity contribution is -0.137. The molecule has 0 saturated heterocycles. The van der Waals surface area contributed by atoms with Gasteiger partial charge in [0.2, 0.25) is 0 Å². The summed E-state index contributed by atoms with van der Waals surface area (Å²) in [6, 6.07) is 0.840. The Labute approximate surface area is 62.7 Å². The lowest BCUT2D eigenvalue weighted by Gasteiger charge is -2.05. The molecule has 0 spiro atoms. The number of rotatable bonds is 0. The van der Waals surface area contributed by atoms with Crippen molar-refractivity contribution in [2.75, 3.05) is 0 Å². The fraction of sp³-hybridized carbons (Fsp3) is 0.167. The zero-order chi connectivity index (χ0) is 8.48. The maximum atomic E-state index is 11.9. The summed E-state index contributed by atoms with van der Waals surface area (Å²) >= 11 is 0. The first kappa shape index (κ1) is 8.10. The van der Waals surface area contributed by atoms with Gasteiger partial charge in [0, 0.05) is 12.4 Å². The Morgan fingerprint density at radius 2 is 1.91 bits per heavy atom. The summed E-state index contributed by atoms with van der Waals surface area (Å²) in [7, 11) is 5.09. The van der Waals surface area contributed by atoms with Crippen LogP contribution in [0, 0.1) is 0 Å². The number of aromatic nitrogens is 1. The predicted octanol–water partition coefficient (Wildman–Crippen LogP) is 0.894. The number of hydrogen-bond donors (Lipinski definition) is 0. The molecule has 0 aromatic carbocycles. The van der Waals surface area contributed by atoms with Gasteiger partial charge in [-0.1, -0.05) is 11.5 Å². The Morgan fingerprint density at radius 3 is 2.27 bits per heavy atom. The van der Waals surface area contributed by atoms with Crippen LogP contribution >= 0.6 is 0 Å². The van der Waals surface area contributed by atoms with Crippen LogP contribution in [0.25, 0.3) is 0 Å². The summed E-state index contributed by atoms with van der Waals surface area (Å²) in [5.41, 5.74) is -0.808. The van der Waals surface area contributed by atoms with E-state index >= 15 is 0 Å². The smallest absolute Gasteiger partial charge is 0.265 e. The van der Waals surface area contributed by atoms with Crippen LogP contribution in [-0.4, -0.2) is 12.8 Å². The molecule has 1 aromatic rings. The molecule has 1 aromatic heterocycles. The molecule has 0 saturated carbocycles. The van der Waals surface area contributed by atoms with Crippen molar-refractivity contribution < 1.29 is 13.2 Å². The van der Waals surface area contributed by atoms with E-state index in [4.69, 9.17) is 7.85 Å². The topological polar surface area (TPSA) is 12.9 Å². The highest BCUT2D eigenvalue weighted by Gasteiger charge is 2.30. The zero-order valence-corrected chi connectivity index (χ0v) is 5.39. The van der Waals surface area contributed by atoms with Crippen LogP contribution in [0.2, 0.25) is 0 Å². The van der Waals surface area contributed by atoms with E-state index in [0.717, 1.165) is 18.5 Å². The Balaban J connectivity index is 3.06. The molecule has 0 N–H and O–H groups in total. The number of halogens is 3. The van der Waals surface area contributed by atoms with E-state index in [1.807, 2.05) is 0 Å². The van der Waals surface area contributed by atoms with Crippen LogP contribution in [0.1, 0.15) is 5.56 Å². The number of hydrogen-bond acceptors (Lipinski definition) is 1. The van der Waals surface area contributed by atoms with E-state index < -0.39 is 11.7 Å². The van der Waals surface area contributed by atoms with Gasteiger partial charge in [-0.05, 0) is 0 Å². The van der Waals surface area contributed by atoms with Gasteiger partial charge in [-0.3, -0.25) is 4.98 Å². The van der Waals surface area contributed by atoms with Crippen LogP contribution in [0.4, 0.5) is 13.2 Å². The summed E-state index contributed by atoms with van der Waals surface area (Å²) in [5.74, 6) is 0. The SMILES string of the molecule is [B]c1cncc(C(F)(F)F)c1. The lowest BCUT2D eigenvalue weighted by Crippen LogP contribution is -2.11. The Bertz CT molecular complexity index is 258. The van der Waals surface area contributed by atoms with Crippen molar-refractivity contribution in [3.63, 3.8) is 0 Å². The van der Waals surface area contributed by atoms with E-state index in [2.05, 4.69) is 4.98 Å². The molecule has 0 fully saturated rings. The molecular weight excluding hydrogens is 154 g/mol. The first-order valence-electron chi connectivity index (χ1n) is 2.78. The van der Waals surface area contributed by atoms with Crippen LogP contribution in [0.15, 0.2) is 18.5 Å². The van der Waals surface area contributed by atoms with Crippen molar-refractivity contribution in [1.29, 1.82) is 0 Å². The minimum atomic E-state index is -4.36. The second-order valence-corrected chi connectivity index (χ2v) is 2.00. The molecule has 0 bridgehead atoms. The molecule has 0 atom stereocenters. The monoisotopic (exact) mass is 157 g/mol. The maximum absolute atomic E-state index is 11.9. The van der Waals surface area contributed by atoms with Gasteiger partial charge in [0.05, 0.1) is 5.56 Å². The number of pyridine rings is 1. The highest BCUT2D eigenvalue weighted by molar-refractivity contribution is 6.32. The van der Waals surface area contributed by atoms with Gasteiger partial charge in [-0.2, -0.15) is 13.2 Å². The van der Waals surface area contributed by atoms with Crippen molar-refractivity contribution in [2.24, 2.45) is 0 Å². The first-order valence-corrected chi connectivity index (χ1v) is 2.78. The number of alkyl halides is 3. The third-order valence-electron chi connectivity index (χ3n) is 1.09. The normalized spacial score (nSPS) is 11.5. The molecule has 0 aliphatic heterocycles. The second-order valence-electron chi connectivity index (χ2n) is 2.00. The van der Waals surface area contributed by atoms with E-state index in [0.29, 0.717) is 0 Å². The second kappa shape index (κ2) is 2.56. The molecule has 0 unspecified atom stereocenters. The molecule has 2 radical (unpaired) electrons. The average molecular weight is 157 g/mol. The Morgan fingerprint density at radius 1 is 1.27 bits per heavy atom. The molecule has 0 aliphatic rings. The largest absolute Gasteiger partial charge is 0.417 e. The average Bonchev–Trinajstić information content (AvgIpc) is 1.86. The first-order chi connectivity index (χ1) is 5.00. The van der Waals surface area contributed by atoms with Gasteiger partial charge >= 0.3 is 6.18 Å². The fourth-order valence-corrected chi connectivity index (χ4v) is 0.613. The van der Waals surface area contributed by atoms with Crippen LogP contribution in [0.3, 0.4) is 0 Å². The molecule has 0 aliphatic carbocycles. The minimum absolute atomic E-state index is 0.0137. The molecule has 56 valence electrons. The molecular formula is C6H3BF3N. The zero-order valence-electron chi connectivity index (χ0n) is 5.39. The van der Waals surface area contributed by atoms with Crippen LogP contribution in [-0.2, 0) is 6.18 Å². The fourth-order valence-electron chi connectivity index (χ4n) is 0.613. The quantitative estimate of drug-likeness (QED) is 0.509. The lowest BCUT2D eigenvalue weighted by atomic mass is 9.97. The van der Waals surface area contributed by atoms with Crippen LogP contribution in [0.5, 0.6) is 0 Å². The van der Waals surface area contributed by atoms with E-state index in [1.54, 1.807) is 0 Å². The third kappa shape index (κ3) is 1.96. The van der Waals surface area contributed by atoms with E-state index in [9.17, 15) is 13.2 Å². The van der Waals surface area contributed by atoms with Gasteiger partial charge in [-0.15, -0.1) is 0 Å². The third-order valence-corrected chi connectivity index (χ3v) is 1.09. The molecule has 0 amide bonds. The van der Waals surface area contributed by atoms with Gasteiger partial charge in [-0.25, -0.2) is 0 Å². The molecule has 1 nitrogen and oxygen atoms in total. The Hall–Kier alpha value is -0.995. The van der Waals surface area contributed by atoms with Gasteiger partial charge in [0.15, 0.2) is 0 Å². The van der Waals surface area contributed by atoms with Gasteiger partial charge < -0.3 is 0 Å². The number of nitrogens with zero attached hydrogens (tertiary/aromatic N) is 1. The highest BCUT2D eigenvalue weighted by atomic mass is 19.4. The van der Waals surface area contributed by atoms with Gasteiger partial charge in [0.1, 0.15) is 7.85 Å². The van der Waals surface area contributed by atoms with Gasteiger partial charge in [0.25, 0.3) is 0 Å². The molecule has 11 heavy (non-hydrogen) atoms. The summed E-state index contributed by atoms with van der Waals surface area (Å²) in [5, 5.41) is 0. The summed E-state index contributed by atoms with van der Waals surface area (Å²) < 4.78 is 35.6. The van der Waals surface area contributed by atoms with Crippen molar-refractivity contribution in [3.05, 3.63) is 24.0 Å². The van der Waals surface area contributed by atoms with Crippen molar-refractivity contribution in [1.82, 2.24) is 4.98 Å². The predicted molar refractivity (Wildman–Crippen MR) is 34.6 cm³/mol. The Kier molecular flexibility index (Phi) is 1.89. The molecule has 1 rings (SSSR count). The maximum Gasteiger partial charge on any atom is 0.417 e. The summed E-state index contributed by atoms with van der Waals surface area (Å²) in [6.45, 7) is 0. The standard InChI is InChI=1S/C6H3BF3N/c7-5-1-4(2-11-3-5)6(8,9)10/h1-3H. The summed E-state index contributed by atoms with van der Waals surface area (Å²) in [4.78, 5) is 3.31. The van der Waals surface area contributed by atoms with Crippen molar-refractivity contribution in [2.45, 2.75) is 6.18 Å². The van der Waals surface area contributed by atoms with E-state index in [1.165, 1.54) is 0 Å². The van der Waals surface area contributed by atoms with Crippen molar-refractivity contribution in [3.8, 4) is 0 Å². The highest BCUT2D eigenvalue weighted by Crippen LogP contribution is 2.27. The van der Waals surface area contributed by atoms with Crippen LogP contribution < -0.4 is 5.46 Å². The molecule has 1 heterocycles. The minimum Gasteiger partial charge on any atom is -0.265 e. The summed E-state index contributed by atoms with van der Waals surface area (Å²) in [6.07, 6.45) is -2.46. The van der Waals surface area contributed by atoms with Crippen molar-refractivity contribution >= 4 is 13.3 Å².